The highest BCUT2D eigenvalue weighted by Gasteiger charge is 2.39. The van der Waals surface area contributed by atoms with E-state index < -0.39 is 6.04 Å². The van der Waals surface area contributed by atoms with Crippen molar-refractivity contribution in [3.63, 3.8) is 0 Å². The maximum atomic E-state index is 13.1. The minimum Gasteiger partial charge on any atom is -0.333 e. The van der Waals surface area contributed by atoms with Gasteiger partial charge in [0.1, 0.15) is 5.82 Å². The van der Waals surface area contributed by atoms with Gasteiger partial charge in [-0.2, -0.15) is 0 Å². The summed E-state index contributed by atoms with van der Waals surface area (Å²) in [6, 6.07) is 4.97. The first-order chi connectivity index (χ1) is 10.1. The van der Waals surface area contributed by atoms with Gasteiger partial charge in [-0.05, 0) is 24.1 Å². The molecule has 5 nitrogen and oxygen atoms in total. The Bertz CT molecular complexity index is 624. The number of hydrogen-bond acceptors (Lipinski definition) is 2. The van der Waals surface area contributed by atoms with Crippen molar-refractivity contribution < 1.29 is 14.0 Å². The number of benzene rings is 1. The molecule has 2 aliphatic rings. The molecule has 110 valence electrons. The third-order valence-electron chi connectivity index (χ3n) is 3.72. The van der Waals surface area contributed by atoms with Gasteiger partial charge in [-0.3, -0.25) is 4.79 Å². The van der Waals surface area contributed by atoms with Crippen molar-refractivity contribution in [2.45, 2.75) is 19.4 Å². The van der Waals surface area contributed by atoms with Crippen LogP contribution in [0.2, 0.25) is 0 Å². The number of rotatable bonds is 3. The van der Waals surface area contributed by atoms with Crippen molar-refractivity contribution in [2.24, 2.45) is 0 Å². The van der Waals surface area contributed by atoms with Crippen LogP contribution in [0.25, 0.3) is 0 Å². The van der Waals surface area contributed by atoms with Gasteiger partial charge in [-0.25, -0.2) is 9.18 Å². The van der Waals surface area contributed by atoms with E-state index in [0.29, 0.717) is 29.9 Å². The summed E-state index contributed by atoms with van der Waals surface area (Å²) >= 11 is 0. The summed E-state index contributed by atoms with van der Waals surface area (Å²) in [6.07, 6.45) is 0.856. The number of amides is 3. The molecule has 0 aliphatic carbocycles. The van der Waals surface area contributed by atoms with Crippen LogP contribution in [0.15, 0.2) is 35.5 Å². The number of hydrogen-bond donors (Lipinski definition) is 2. The van der Waals surface area contributed by atoms with E-state index in [1.54, 1.807) is 17.0 Å². The molecular formula is C15H16FN3O2. The summed E-state index contributed by atoms with van der Waals surface area (Å²) in [4.78, 5) is 26.0. The highest BCUT2D eigenvalue weighted by molar-refractivity contribution is 6.01. The van der Waals surface area contributed by atoms with Crippen LogP contribution in [0, 0.1) is 5.82 Å². The first-order valence-electron chi connectivity index (χ1n) is 6.95. The van der Waals surface area contributed by atoms with Crippen LogP contribution in [0.4, 0.5) is 9.18 Å². The zero-order valence-electron chi connectivity index (χ0n) is 11.6. The van der Waals surface area contributed by atoms with Gasteiger partial charge in [0.25, 0.3) is 5.91 Å². The summed E-state index contributed by atoms with van der Waals surface area (Å²) in [7, 11) is 0. The van der Waals surface area contributed by atoms with E-state index in [1.165, 1.54) is 12.1 Å². The van der Waals surface area contributed by atoms with E-state index in [2.05, 4.69) is 10.6 Å². The summed E-state index contributed by atoms with van der Waals surface area (Å²) in [5.41, 5.74) is 1.90. The Kier molecular flexibility index (Phi) is 3.37. The van der Waals surface area contributed by atoms with E-state index in [4.69, 9.17) is 0 Å². The molecule has 0 saturated heterocycles. The predicted molar refractivity (Wildman–Crippen MR) is 74.7 cm³/mol. The molecule has 1 aromatic rings. The van der Waals surface area contributed by atoms with E-state index >= 15 is 0 Å². The van der Waals surface area contributed by atoms with Gasteiger partial charge >= 0.3 is 6.03 Å². The van der Waals surface area contributed by atoms with E-state index in [-0.39, 0.29) is 17.8 Å². The number of carbonyl (C=O) groups is 2. The first-order valence-corrected chi connectivity index (χ1v) is 6.95. The van der Waals surface area contributed by atoms with Crippen molar-refractivity contribution in [3.05, 3.63) is 46.9 Å². The minimum absolute atomic E-state index is 0.0753. The molecule has 0 aromatic heterocycles. The highest BCUT2D eigenvalue weighted by Crippen LogP contribution is 2.32. The molecule has 0 radical (unpaired) electrons. The van der Waals surface area contributed by atoms with E-state index in [9.17, 15) is 14.0 Å². The largest absolute Gasteiger partial charge is 0.333 e. The lowest BCUT2D eigenvalue weighted by Crippen LogP contribution is -2.44. The van der Waals surface area contributed by atoms with Gasteiger partial charge in [-0.1, -0.05) is 19.1 Å². The zero-order valence-corrected chi connectivity index (χ0v) is 11.6. The Hall–Kier alpha value is -2.37. The summed E-state index contributed by atoms with van der Waals surface area (Å²) < 4.78 is 13.1. The molecule has 1 atom stereocenters. The second-order valence-corrected chi connectivity index (χ2v) is 5.20. The maximum absolute atomic E-state index is 13.1. The minimum atomic E-state index is -0.524. The van der Waals surface area contributed by atoms with Crippen LogP contribution < -0.4 is 10.6 Å². The fourth-order valence-electron chi connectivity index (χ4n) is 2.78. The topological polar surface area (TPSA) is 61.4 Å². The second-order valence-electron chi connectivity index (χ2n) is 5.20. The smallest absolute Gasteiger partial charge is 0.319 e. The standard InChI is InChI=1S/C15H16FN3O2/c1-2-7-19-8-11-12(14(19)20)13(18-15(21)17-11)9-3-5-10(16)6-4-9/h3-6,13H,2,7-8H2,1H3,(H2,17,18,21). The Balaban J connectivity index is 1.96. The molecule has 3 rings (SSSR count). The fourth-order valence-corrected chi connectivity index (χ4v) is 2.78. The lowest BCUT2D eigenvalue weighted by molar-refractivity contribution is -0.125. The monoisotopic (exact) mass is 289 g/mol. The number of nitrogens with zero attached hydrogens (tertiary/aromatic N) is 1. The van der Waals surface area contributed by atoms with Gasteiger partial charge < -0.3 is 15.5 Å². The number of urea groups is 1. The second kappa shape index (κ2) is 5.20. The van der Waals surface area contributed by atoms with Crippen molar-refractivity contribution in [2.75, 3.05) is 13.1 Å². The summed E-state index contributed by atoms with van der Waals surface area (Å²) in [5, 5.41) is 5.44. The predicted octanol–water partition coefficient (Wildman–Crippen LogP) is 1.69. The van der Waals surface area contributed by atoms with Crippen molar-refractivity contribution >= 4 is 11.9 Å². The van der Waals surface area contributed by atoms with Gasteiger partial charge in [-0.15, -0.1) is 0 Å². The zero-order chi connectivity index (χ0) is 15.0. The molecule has 0 saturated carbocycles. The fraction of sp³-hybridized carbons (Fsp3) is 0.333. The molecule has 21 heavy (non-hydrogen) atoms. The molecule has 0 spiro atoms. The normalized spacial score (nSPS) is 21.2. The van der Waals surface area contributed by atoms with Gasteiger partial charge in [0.2, 0.25) is 0 Å². The van der Waals surface area contributed by atoms with Gasteiger partial charge in [0.15, 0.2) is 0 Å². The molecule has 6 heteroatoms. The van der Waals surface area contributed by atoms with Crippen molar-refractivity contribution in [1.29, 1.82) is 0 Å². The van der Waals surface area contributed by atoms with E-state index in [1.807, 2.05) is 6.92 Å². The van der Waals surface area contributed by atoms with Crippen LogP contribution in [0.3, 0.4) is 0 Å². The van der Waals surface area contributed by atoms with Crippen molar-refractivity contribution in [1.82, 2.24) is 15.5 Å². The number of halogens is 1. The number of carbonyl (C=O) groups excluding carboxylic acids is 2. The van der Waals surface area contributed by atoms with Crippen LogP contribution in [0.5, 0.6) is 0 Å². The third-order valence-corrected chi connectivity index (χ3v) is 3.72. The van der Waals surface area contributed by atoms with Gasteiger partial charge in [0.05, 0.1) is 23.9 Å². The Labute approximate surface area is 121 Å². The first kappa shape index (κ1) is 13.6. The average Bonchev–Trinajstić information content (AvgIpc) is 2.76. The molecule has 2 N–H and O–H groups in total. The summed E-state index contributed by atoms with van der Waals surface area (Å²) in [6.45, 7) is 3.07. The van der Waals surface area contributed by atoms with Crippen LogP contribution in [0.1, 0.15) is 24.9 Å². The maximum Gasteiger partial charge on any atom is 0.319 e. The summed E-state index contributed by atoms with van der Waals surface area (Å²) in [5.74, 6) is -0.424. The van der Waals surface area contributed by atoms with Crippen LogP contribution in [-0.2, 0) is 4.79 Å². The molecule has 2 aliphatic heterocycles. The molecule has 1 unspecified atom stereocenters. The number of nitrogens with one attached hydrogen (secondary N) is 2. The molecular weight excluding hydrogens is 273 g/mol. The van der Waals surface area contributed by atoms with Crippen LogP contribution in [-0.4, -0.2) is 29.9 Å². The average molecular weight is 289 g/mol. The SMILES string of the molecule is CCCN1CC2=C(C1=O)C(c1ccc(F)cc1)NC(=O)N2. The Morgan fingerprint density at radius 1 is 1.29 bits per heavy atom. The molecule has 2 heterocycles. The lowest BCUT2D eigenvalue weighted by atomic mass is 9.96. The highest BCUT2D eigenvalue weighted by atomic mass is 19.1. The Morgan fingerprint density at radius 3 is 2.67 bits per heavy atom. The molecule has 0 fully saturated rings. The molecule has 0 bridgehead atoms. The molecule has 3 amide bonds. The van der Waals surface area contributed by atoms with E-state index in [0.717, 1.165) is 6.42 Å². The van der Waals surface area contributed by atoms with Crippen molar-refractivity contribution in [3.8, 4) is 0 Å². The molecule has 1 aromatic carbocycles. The Morgan fingerprint density at radius 2 is 2.00 bits per heavy atom. The van der Waals surface area contributed by atoms with Crippen LogP contribution >= 0.6 is 0 Å². The quantitative estimate of drug-likeness (QED) is 0.889. The van der Waals surface area contributed by atoms with Gasteiger partial charge in [0, 0.05) is 6.54 Å². The third kappa shape index (κ3) is 2.37. The lowest BCUT2D eigenvalue weighted by Gasteiger charge is -2.25.